The number of carbonyl (C=O) groups excluding carboxylic acids is 1. The molecule has 2 aromatic heterocycles. The third-order valence-electron chi connectivity index (χ3n) is 3.89. The largest absolute Gasteiger partial charge is 0.493 e. The third-order valence-corrected chi connectivity index (χ3v) is 4.23. The number of H-pyrrole nitrogens is 1. The smallest absolute Gasteiger partial charge is 0.254 e. The van der Waals surface area contributed by atoms with Crippen molar-refractivity contribution in [3.8, 4) is 11.5 Å². The zero-order valence-electron chi connectivity index (χ0n) is 14.8. The summed E-state index contributed by atoms with van der Waals surface area (Å²) in [4.78, 5) is 19.1. The zero-order valence-corrected chi connectivity index (χ0v) is 15.6. The summed E-state index contributed by atoms with van der Waals surface area (Å²) < 4.78 is 11.6. The van der Waals surface area contributed by atoms with Crippen molar-refractivity contribution in [3.05, 3.63) is 82.4 Å². The van der Waals surface area contributed by atoms with Gasteiger partial charge >= 0.3 is 0 Å². The number of ether oxygens (including phenoxy) is 2. The number of carbonyl (C=O) groups is 1. The lowest BCUT2D eigenvalue weighted by Crippen LogP contribution is -2.23. The molecule has 138 valence electrons. The zero-order chi connectivity index (χ0) is 19.1. The average molecular weight is 381 g/mol. The number of hydrogen-bond donors (Lipinski definition) is 2. The molecule has 3 rings (SSSR count). The van der Waals surface area contributed by atoms with Gasteiger partial charge in [-0.1, -0.05) is 18.3 Å². The van der Waals surface area contributed by atoms with E-state index < -0.39 is 0 Å². The molecule has 0 spiro atoms. The molecule has 0 aliphatic carbocycles. The van der Waals surface area contributed by atoms with Crippen LogP contribution in [0.4, 0.5) is 0 Å². The van der Waals surface area contributed by atoms with Crippen molar-refractivity contribution in [1.82, 2.24) is 15.3 Å². The van der Waals surface area contributed by atoms with E-state index in [1.807, 2.05) is 30.3 Å². The molecule has 7 heteroatoms. The van der Waals surface area contributed by atoms with Crippen molar-refractivity contribution in [2.24, 2.45) is 0 Å². The van der Waals surface area contributed by atoms with Crippen molar-refractivity contribution < 1.29 is 14.3 Å². The molecular formula is C20H19N3O3S. The predicted molar refractivity (Wildman–Crippen MR) is 104 cm³/mol. The van der Waals surface area contributed by atoms with Crippen molar-refractivity contribution in [3.63, 3.8) is 0 Å². The topological polar surface area (TPSA) is 76.2 Å². The standard InChI is InChI=1S/C20H19N3O3S/c1-25-18-11-15(12-23-19(24)16-3-2-8-22-20(16)27)4-5-17(18)26-13-14-6-9-21-10-7-14/h2-11H,12-13H2,1H3,(H,22,27)(H,23,24). The van der Waals surface area contributed by atoms with Gasteiger partial charge in [0.25, 0.3) is 5.91 Å². The van der Waals surface area contributed by atoms with E-state index >= 15 is 0 Å². The van der Waals surface area contributed by atoms with Gasteiger partial charge in [0.15, 0.2) is 11.5 Å². The van der Waals surface area contributed by atoms with Crippen LogP contribution in [0.3, 0.4) is 0 Å². The summed E-state index contributed by atoms with van der Waals surface area (Å²) in [7, 11) is 1.58. The van der Waals surface area contributed by atoms with Crippen molar-refractivity contribution in [1.29, 1.82) is 0 Å². The van der Waals surface area contributed by atoms with Crippen molar-refractivity contribution in [2.45, 2.75) is 13.2 Å². The first-order valence-corrected chi connectivity index (χ1v) is 8.72. The SMILES string of the molecule is COc1cc(CNC(=O)c2ccc[nH]c2=S)ccc1OCc1ccncc1. The Morgan fingerprint density at radius 3 is 2.70 bits per heavy atom. The number of amides is 1. The molecule has 0 radical (unpaired) electrons. The van der Waals surface area contributed by atoms with Crippen LogP contribution in [0.25, 0.3) is 0 Å². The number of aromatic amines is 1. The summed E-state index contributed by atoms with van der Waals surface area (Å²) in [6.07, 6.45) is 5.13. The minimum atomic E-state index is -0.228. The van der Waals surface area contributed by atoms with E-state index in [1.165, 1.54) is 0 Å². The first kappa shape index (κ1) is 18.6. The lowest BCUT2D eigenvalue weighted by atomic mass is 10.2. The molecule has 0 aliphatic rings. The molecule has 1 amide bonds. The van der Waals surface area contributed by atoms with Crippen LogP contribution in [-0.4, -0.2) is 23.0 Å². The molecule has 0 fully saturated rings. The Hall–Kier alpha value is -3.19. The normalized spacial score (nSPS) is 10.3. The molecule has 0 saturated carbocycles. The molecular weight excluding hydrogens is 362 g/mol. The van der Waals surface area contributed by atoms with Crippen LogP contribution in [-0.2, 0) is 13.2 Å². The van der Waals surface area contributed by atoms with Crippen LogP contribution >= 0.6 is 12.2 Å². The fraction of sp³-hybridized carbons (Fsp3) is 0.150. The summed E-state index contributed by atoms with van der Waals surface area (Å²) in [5, 5.41) is 2.86. The van der Waals surface area contributed by atoms with Gasteiger partial charge in [0.05, 0.1) is 12.7 Å². The average Bonchev–Trinajstić information content (AvgIpc) is 2.71. The molecule has 0 bridgehead atoms. The van der Waals surface area contributed by atoms with Gasteiger partial charge in [-0.15, -0.1) is 0 Å². The number of nitrogens with zero attached hydrogens (tertiary/aromatic N) is 1. The van der Waals surface area contributed by atoms with Crippen LogP contribution in [0, 0.1) is 4.64 Å². The summed E-state index contributed by atoms with van der Waals surface area (Å²) in [5.41, 5.74) is 2.35. The van der Waals surface area contributed by atoms with Crippen LogP contribution < -0.4 is 14.8 Å². The maximum atomic E-state index is 12.3. The van der Waals surface area contributed by atoms with Gasteiger partial charge in [-0.2, -0.15) is 0 Å². The van der Waals surface area contributed by atoms with E-state index in [9.17, 15) is 4.79 Å². The molecule has 27 heavy (non-hydrogen) atoms. The lowest BCUT2D eigenvalue weighted by Gasteiger charge is -2.13. The highest BCUT2D eigenvalue weighted by atomic mass is 32.1. The molecule has 0 aliphatic heterocycles. The van der Waals surface area contributed by atoms with E-state index in [0.29, 0.717) is 34.9 Å². The highest BCUT2D eigenvalue weighted by Crippen LogP contribution is 2.28. The lowest BCUT2D eigenvalue weighted by molar-refractivity contribution is 0.0950. The minimum absolute atomic E-state index is 0.228. The Balaban J connectivity index is 1.64. The van der Waals surface area contributed by atoms with Gasteiger partial charge in [-0.3, -0.25) is 9.78 Å². The monoisotopic (exact) mass is 381 g/mol. The summed E-state index contributed by atoms with van der Waals surface area (Å²) in [6, 6.07) is 12.8. The first-order chi connectivity index (χ1) is 13.2. The maximum Gasteiger partial charge on any atom is 0.254 e. The number of hydrogen-bond acceptors (Lipinski definition) is 5. The van der Waals surface area contributed by atoms with Gasteiger partial charge in [-0.05, 0) is 47.5 Å². The van der Waals surface area contributed by atoms with E-state index in [2.05, 4.69) is 15.3 Å². The number of nitrogens with one attached hydrogen (secondary N) is 2. The molecule has 6 nitrogen and oxygen atoms in total. The highest BCUT2D eigenvalue weighted by molar-refractivity contribution is 7.71. The van der Waals surface area contributed by atoms with Gasteiger partial charge in [0.1, 0.15) is 11.2 Å². The van der Waals surface area contributed by atoms with Crippen LogP contribution in [0.1, 0.15) is 21.5 Å². The molecule has 2 N–H and O–H groups in total. The highest BCUT2D eigenvalue weighted by Gasteiger charge is 2.10. The molecule has 3 aromatic rings. The van der Waals surface area contributed by atoms with Gasteiger partial charge in [0, 0.05) is 25.1 Å². The number of benzene rings is 1. The molecule has 0 unspecified atom stereocenters. The van der Waals surface area contributed by atoms with Crippen LogP contribution in [0.5, 0.6) is 11.5 Å². The number of pyridine rings is 2. The van der Waals surface area contributed by atoms with Crippen LogP contribution in [0.15, 0.2) is 61.1 Å². The maximum absolute atomic E-state index is 12.3. The second-order valence-corrected chi connectivity index (χ2v) is 6.13. The first-order valence-electron chi connectivity index (χ1n) is 8.32. The second kappa shape index (κ2) is 8.95. The van der Waals surface area contributed by atoms with E-state index in [4.69, 9.17) is 21.7 Å². The quantitative estimate of drug-likeness (QED) is 0.611. The van der Waals surface area contributed by atoms with Crippen molar-refractivity contribution in [2.75, 3.05) is 7.11 Å². The minimum Gasteiger partial charge on any atom is -0.493 e. The van der Waals surface area contributed by atoms with E-state index in [1.54, 1.807) is 37.8 Å². The Bertz CT molecular complexity index is 973. The van der Waals surface area contributed by atoms with Crippen molar-refractivity contribution >= 4 is 18.1 Å². The Kier molecular flexibility index (Phi) is 6.17. The Morgan fingerprint density at radius 1 is 1.15 bits per heavy atom. The summed E-state index contributed by atoms with van der Waals surface area (Å²) in [6.45, 7) is 0.768. The molecule has 0 saturated heterocycles. The summed E-state index contributed by atoms with van der Waals surface area (Å²) in [5.74, 6) is 1.01. The molecule has 1 aromatic carbocycles. The Morgan fingerprint density at radius 2 is 1.96 bits per heavy atom. The molecule has 0 atom stereocenters. The van der Waals surface area contributed by atoms with Crippen LogP contribution in [0.2, 0.25) is 0 Å². The van der Waals surface area contributed by atoms with Gasteiger partial charge in [-0.25, -0.2) is 0 Å². The fourth-order valence-corrected chi connectivity index (χ4v) is 2.69. The number of methoxy groups -OCH3 is 1. The number of aromatic nitrogens is 2. The predicted octanol–water partition coefficient (Wildman–Crippen LogP) is 3.66. The number of rotatable bonds is 7. The third kappa shape index (κ3) is 4.92. The molecule has 2 heterocycles. The summed E-state index contributed by atoms with van der Waals surface area (Å²) >= 11 is 5.13. The second-order valence-electron chi connectivity index (χ2n) is 5.72. The van der Waals surface area contributed by atoms with Gasteiger partial charge < -0.3 is 19.8 Å². The van der Waals surface area contributed by atoms with Gasteiger partial charge in [0.2, 0.25) is 0 Å². The van der Waals surface area contributed by atoms with E-state index in [-0.39, 0.29) is 5.91 Å². The van der Waals surface area contributed by atoms with E-state index in [0.717, 1.165) is 11.1 Å². The fourth-order valence-electron chi connectivity index (χ4n) is 2.46. The Labute approximate surface area is 162 Å².